The van der Waals surface area contributed by atoms with Crippen molar-refractivity contribution < 1.29 is 9.59 Å². The van der Waals surface area contributed by atoms with Crippen molar-refractivity contribution in [1.82, 2.24) is 9.97 Å². The van der Waals surface area contributed by atoms with Crippen LogP contribution in [-0.2, 0) is 0 Å². The van der Waals surface area contributed by atoms with Crippen molar-refractivity contribution in [3.05, 3.63) is 101 Å². The van der Waals surface area contributed by atoms with Crippen molar-refractivity contribution in [3.8, 4) is 11.3 Å². The Balaban J connectivity index is 1.74. The van der Waals surface area contributed by atoms with Gasteiger partial charge in [-0.25, -0.2) is 9.97 Å². The molecule has 0 N–H and O–H groups in total. The Morgan fingerprint density at radius 2 is 0.929 bits per heavy atom. The van der Waals surface area contributed by atoms with E-state index >= 15 is 0 Å². The first kappa shape index (κ1) is 15.2. The average Bonchev–Trinajstić information content (AvgIpc) is 3.18. The van der Waals surface area contributed by atoms with E-state index in [0.29, 0.717) is 28.1 Å². The highest BCUT2D eigenvalue weighted by Crippen LogP contribution is 2.46. The highest BCUT2D eigenvalue weighted by Gasteiger charge is 2.39. The fraction of sp³-hybridized carbons (Fsp3) is 0. The van der Waals surface area contributed by atoms with Gasteiger partial charge in [-0.3, -0.25) is 9.59 Å². The van der Waals surface area contributed by atoms with Gasteiger partial charge in [0.1, 0.15) is 0 Å². The number of benzene rings is 3. The Labute approximate surface area is 160 Å². The van der Waals surface area contributed by atoms with Crippen molar-refractivity contribution in [3.63, 3.8) is 0 Å². The van der Waals surface area contributed by atoms with Crippen LogP contribution < -0.4 is 0 Å². The van der Waals surface area contributed by atoms with E-state index in [0.717, 1.165) is 22.2 Å². The van der Waals surface area contributed by atoms with Crippen LogP contribution in [0.25, 0.3) is 27.9 Å². The third-order valence-corrected chi connectivity index (χ3v) is 5.38. The summed E-state index contributed by atoms with van der Waals surface area (Å²) in [6.45, 7) is 0. The molecule has 0 spiro atoms. The van der Waals surface area contributed by atoms with Crippen molar-refractivity contribution in [2.75, 3.05) is 0 Å². The molecule has 0 saturated carbocycles. The minimum Gasteiger partial charge on any atom is -0.288 e. The SMILES string of the molecule is O=C1C(=C2c3ccccc3-c3nc4ccccc4nc32)C(=O)c2ccccc21. The molecule has 4 heteroatoms. The van der Waals surface area contributed by atoms with Crippen molar-refractivity contribution in [2.24, 2.45) is 0 Å². The van der Waals surface area contributed by atoms with Gasteiger partial charge in [-0.15, -0.1) is 0 Å². The molecule has 0 unspecified atom stereocenters. The van der Waals surface area contributed by atoms with E-state index in [4.69, 9.17) is 9.97 Å². The standard InChI is InChI=1S/C24H12N2O2/c27-23-15-9-3-4-10-16(15)24(28)20(23)19-13-7-1-2-8-14(13)21-22(19)26-18-12-6-5-11-17(18)25-21/h1-12H. The molecule has 0 aliphatic heterocycles. The lowest BCUT2D eigenvalue weighted by molar-refractivity contribution is 0.0990. The van der Waals surface area contributed by atoms with E-state index in [1.165, 1.54) is 0 Å². The molecule has 3 aromatic carbocycles. The molecule has 6 rings (SSSR count). The van der Waals surface area contributed by atoms with Gasteiger partial charge in [0.25, 0.3) is 0 Å². The van der Waals surface area contributed by atoms with Gasteiger partial charge in [-0.1, -0.05) is 60.7 Å². The number of Topliss-reactive ketones (excluding diaryl/α,β-unsaturated/α-hetero) is 2. The number of ketones is 2. The summed E-state index contributed by atoms with van der Waals surface area (Å²) in [4.78, 5) is 35.9. The molecule has 2 aliphatic carbocycles. The maximum absolute atomic E-state index is 13.2. The third-order valence-electron chi connectivity index (χ3n) is 5.38. The number of rotatable bonds is 0. The molecule has 4 nitrogen and oxygen atoms in total. The van der Waals surface area contributed by atoms with Gasteiger partial charge in [-0.05, 0) is 17.7 Å². The Hall–Kier alpha value is -3.92. The van der Waals surface area contributed by atoms with Gasteiger partial charge in [0.2, 0.25) is 0 Å². The maximum atomic E-state index is 13.2. The van der Waals surface area contributed by atoms with Gasteiger partial charge in [-0.2, -0.15) is 0 Å². The first-order valence-electron chi connectivity index (χ1n) is 9.03. The number of nitrogens with zero attached hydrogens (tertiary/aromatic N) is 2. The summed E-state index contributed by atoms with van der Waals surface area (Å²) < 4.78 is 0. The van der Waals surface area contributed by atoms with Crippen LogP contribution in [0.5, 0.6) is 0 Å². The molecule has 28 heavy (non-hydrogen) atoms. The summed E-state index contributed by atoms with van der Waals surface area (Å²) in [7, 11) is 0. The predicted octanol–water partition coefficient (Wildman–Crippen LogP) is 4.49. The molecule has 4 aromatic rings. The topological polar surface area (TPSA) is 59.9 Å². The van der Waals surface area contributed by atoms with E-state index in [9.17, 15) is 9.59 Å². The third kappa shape index (κ3) is 1.84. The average molecular weight is 360 g/mol. The summed E-state index contributed by atoms with van der Waals surface area (Å²) in [5, 5.41) is 0. The number of hydrogen-bond donors (Lipinski definition) is 0. The Morgan fingerprint density at radius 3 is 1.54 bits per heavy atom. The largest absolute Gasteiger partial charge is 0.288 e. The van der Waals surface area contributed by atoms with E-state index in [1.807, 2.05) is 48.5 Å². The molecular formula is C24H12N2O2. The van der Waals surface area contributed by atoms with Crippen LogP contribution in [-0.4, -0.2) is 21.5 Å². The second-order valence-electron chi connectivity index (χ2n) is 6.91. The highest BCUT2D eigenvalue weighted by molar-refractivity contribution is 6.43. The second kappa shape index (κ2) is 5.30. The minimum absolute atomic E-state index is 0.192. The lowest BCUT2D eigenvalue weighted by Crippen LogP contribution is -2.06. The molecule has 130 valence electrons. The molecule has 0 fully saturated rings. The van der Waals surface area contributed by atoms with Crippen LogP contribution in [0.4, 0.5) is 0 Å². The summed E-state index contributed by atoms with van der Waals surface area (Å²) in [5.74, 6) is -0.485. The molecular weight excluding hydrogens is 348 g/mol. The fourth-order valence-corrected chi connectivity index (χ4v) is 4.13. The molecule has 0 saturated heterocycles. The number of carbonyl (C=O) groups excluding carboxylic acids is 2. The molecule has 0 radical (unpaired) electrons. The van der Waals surface area contributed by atoms with Crippen LogP contribution in [0.2, 0.25) is 0 Å². The van der Waals surface area contributed by atoms with Gasteiger partial charge in [0.05, 0.1) is 28.0 Å². The predicted molar refractivity (Wildman–Crippen MR) is 106 cm³/mol. The normalized spacial score (nSPS) is 14.4. The summed E-state index contributed by atoms with van der Waals surface area (Å²) in [5.41, 5.74) is 6.26. The van der Waals surface area contributed by atoms with Gasteiger partial charge >= 0.3 is 0 Å². The van der Waals surface area contributed by atoms with Crippen LogP contribution in [0.1, 0.15) is 32.0 Å². The van der Waals surface area contributed by atoms with E-state index in [1.54, 1.807) is 24.3 Å². The molecule has 1 heterocycles. The first-order chi connectivity index (χ1) is 13.7. The number of hydrogen-bond acceptors (Lipinski definition) is 4. The van der Waals surface area contributed by atoms with E-state index in [-0.39, 0.29) is 17.1 Å². The van der Waals surface area contributed by atoms with Crippen molar-refractivity contribution >= 4 is 28.2 Å². The molecule has 0 amide bonds. The molecule has 0 bridgehead atoms. The van der Waals surface area contributed by atoms with Crippen LogP contribution >= 0.6 is 0 Å². The summed E-state index contributed by atoms with van der Waals surface area (Å²) in [6.07, 6.45) is 0. The zero-order valence-electron chi connectivity index (χ0n) is 14.6. The number of allylic oxidation sites excluding steroid dienone is 1. The fourth-order valence-electron chi connectivity index (χ4n) is 4.13. The minimum atomic E-state index is -0.242. The summed E-state index contributed by atoms with van der Waals surface area (Å²) >= 11 is 0. The smallest absolute Gasteiger partial charge is 0.198 e. The van der Waals surface area contributed by atoms with E-state index < -0.39 is 0 Å². The van der Waals surface area contributed by atoms with Crippen LogP contribution in [0.3, 0.4) is 0 Å². The van der Waals surface area contributed by atoms with Crippen LogP contribution in [0, 0.1) is 0 Å². The Bertz CT molecular complexity index is 1360. The quantitative estimate of drug-likeness (QED) is 0.301. The Morgan fingerprint density at radius 1 is 0.464 bits per heavy atom. The molecule has 1 aromatic heterocycles. The second-order valence-corrected chi connectivity index (χ2v) is 6.91. The zero-order chi connectivity index (χ0) is 18.8. The van der Waals surface area contributed by atoms with Crippen molar-refractivity contribution in [1.29, 1.82) is 0 Å². The van der Waals surface area contributed by atoms with Crippen molar-refractivity contribution in [2.45, 2.75) is 0 Å². The number of para-hydroxylation sites is 2. The molecule has 2 aliphatic rings. The van der Waals surface area contributed by atoms with Gasteiger partial charge in [0, 0.05) is 22.3 Å². The van der Waals surface area contributed by atoms with Gasteiger partial charge in [0.15, 0.2) is 11.6 Å². The van der Waals surface area contributed by atoms with E-state index in [2.05, 4.69) is 0 Å². The monoisotopic (exact) mass is 360 g/mol. The molecule has 0 atom stereocenters. The Kier molecular flexibility index (Phi) is 2.87. The number of fused-ring (bicyclic) bond motifs is 5. The zero-order valence-corrected chi connectivity index (χ0v) is 14.6. The highest BCUT2D eigenvalue weighted by atomic mass is 16.2. The van der Waals surface area contributed by atoms with Gasteiger partial charge < -0.3 is 0 Å². The lowest BCUT2D eigenvalue weighted by atomic mass is 9.97. The van der Waals surface area contributed by atoms with Crippen LogP contribution in [0.15, 0.2) is 78.4 Å². The summed E-state index contributed by atoms with van der Waals surface area (Å²) in [6, 6.07) is 22.3. The first-order valence-corrected chi connectivity index (χ1v) is 9.03. The maximum Gasteiger partial charge on any atom is 0.198 e. The number of aromatic nitrogens is 2. The number of carbonyl (C=O) groups is 2. The lowest BCUT2D eigenvalue weighted by Gasteiger charge is -2.06.